The summed E-state index contributed by atoms with van der Waals surface area (Å²) >= 11 is 0. The lowest BCUT2D eigenvalue weighted by molar-refractivity contribution is -0.131. The molecule has 0 aliphatic rings. The first-order valence-electron chi connectivity index (χ1n) is 7.19. The van der Waals surface area contributed by atoms with E-state index in [1.807, 2.05) is 20.0 Å². The van der Waals surface area contributed by atoms with Gasteiger partial charge in [0.1, 0.15) is 0 Å². The van der Waals surface area contributed by atoms with Crippen molar-refractivity contribution >= 4 is 18.0 Å². The van der Waals surface area contributed by atoms with Crippen LogP contribution in [0.5, 0.6) is 0 Å². The summed E-state index contributed by atoms with van der Waals surface area (Å²) in [4.78, 5) is 24.8. The van der Waals surface area contributed by atoms with Gasteiger partial charge in [-0.1, -0.05) is 19.9 Å². The Morgan fingerprint density at radius 3 is 2.38 bits per heavy atom. The quantitative estimate of drug-likeness (QED) is 0.817. The minimum absolute atomic E-state index is 0.000522. The summed E-state index contributed by atoms with van der Waals surface area (Å²) in [5, 5.41) is 8.65. The van der Waals surface area contributed by atoms with Crippen LogP contribution in [0, 0.1) is 6.92 Å². The summed E-state index contributed by atoms with van der Waals surface area (Å²) in [5.41, 5.74) is 2.32. The molecule has 1 N–H and O–H groups in total. The van der Waals surface area contributed by atoms with E-state index in [1.54, 1.807) is 17.0 Å². The zero-order chi connectivity index (χ0) is 16.0. The van der Waals surface area contributed by atoms with Crippen molar-refractivity contribution in [1.29, 1.82) is 0 Å². The Morgan fingerprint density at radius 2 is 1.90 bits per heavy atom. The molecule has 114 valence electrons. The van der Waals surface area contributed by atoms with Gasteiger partial charge in [0.05, 0.1) is 0 Å². The predicted octanol–water partition coefficient (Wildman–Crippen LogP) is 3.35. The highest BCUT2D eigenvalue weighted by Gasteiger charge is 2.18. The number of aliphatic carboxylic acids is 1. The Labute approximate surface area is 126 Å². The third kappa shape index (κ3) is 4.45. The normalized spacial score (nSPS) is 11.1. The van der Waals surface area contributed by atoms with Crippen LogP contribution in [0.1, 0.15) is 48.2 Å². The molecule has 0 heterocycles. The molecule has 1 aromatic carbocycles. The van der Waals surface area contributed by atoms with Gasteiger partial charge in [0.25, 0.3) is 5.91 Å². The van der Waals surface area contributed by atoms with E-state index >= 15 is 0 Å². The summed E-state index contributed by atoms with van der Waals surface area (Å²) in [5.74, 6) is -0.983. The summed E-state index contributed by atoms with van der Waals surface area (Å²) in [6, 6.07) is 5.57. The van der Waals surface area contributed by atoms with Crippen LogP contribution in [0.25, 0.3) is 6.08 Å². The first-order chi connectivity index (χ1) is 9.90. The fourth-order valence-corrected chi connectivity index (χ4v) is 2.36. The van der Waals surface area contributed by atoms with E-state index < -0.39 is 5.97 Å². The van der Waals surface area contributed by atoms with Gasteiger partial charge in [-0.25, -0.2) is 4.79 Å². The van der Waals surface area contributed by atoms with E-state index in [0.717, 1.165) is 30.0 Å². The summed E-state index contributed by atoms with van der Waals surface area (Å²) < 4.78 is 0. The molecule has 4 heteroatoms. The molecule has 1 rings (SSSR count). The van der Waals surface area contributed by atoms with E-state index in [0.29, 0.717) is 5.56 Å². The topological polar surface area (TPSA) is 57.6 Å². The van der Waals surface area contributed by atoms with Crippen LogP contribution in [-0.4, -0.2) is 35.0 Å². The number of hydrogen-bond donors (Lipinski definition) is 1. The van der Waals surface area contributed by atoms with Crippen molar-refractivity contribution in [2.45, 2.75) is 39.7 Å². The number of amides is 1. The minimum Gasteiger partial charge on any atom is -0.478 e. The highest BCUT2D eigenvalue weighted by molar-refractivity contribution is 5.95. The highest BCUT2D eigenvalue weighted by atomic mass is 16.4. The second-order valence-electron chi connectivity index (χ2n) is 5.13. The average Bonchev–Trinajstić information content (AvgIpc) is 2.46. The van der Waals surface area contributed by atoms with Crippen LogP contribution in [0.3, 0.4) is 0 Å². The number of carboxylic acid groups (broad SMARTS) is 1. The van der Waals surface area contributed by atoms with Gasteiger partial charge >= 0.3 is 5.97 Å². The van der Waals surface area contributed by atoms with Gasteiger partial charge in [-0.3, -0.25) is 4.79 Å². The molecular formula is C17H23NO3. The SMILES string of the molecule is CCC(CC)N(C)C(=O)c1ccc(/C=C/C(=O)O)c(C)c1. The molecule has 0 bridgehead atoms. The summed E-state index contributed by atoms with van der Waals surface area (Å²) in [6.07, 6.45) is 4.49. The van der Waals surface area contributed by atoms with Crippen LogP contribution in [0.2, 0.25) is 0 Å². The monoisotopic (exact) mass is 289 g/mol. The molecule has 1 aromatic rings. The highest BCUT2D eigenvalue weighted by Crippen LogP contribution is 2.16. The number of rotatable bonds is 6. The molecule has 0 atom stereocenters. The molecule has 0 radical (unpaired) electrons. The lowest BCUT2D eigenvalue weighted by Gasteiger charge is -2.26. The number of hydrogen-bond acceptors (Lipinski definition) is 2. The van der Waals surface area contributed by atoms with Gasteiger partial charge in [0, 0.05) is 24.7 Å². The van der Waals surface area contributed by atoms with Gasteiger partial charge in [0.2, 0.25) is 0 Å². The van der Waals surface area contributed by atoms with Gasteiger partial charge in [-0.05, 0) is 49.1 Å². The number of nitrogens with zero attached hydrogens (tertiary/aromatic N) is 1. The number of carbonyl (C=O) groups is 2. The number of aryl methyl sites for hydroxylation is 1. The number of benzene rings is 1. The van der Waals surface area contributed by atoms with Gasteiger partial charge < -0.3 is 10.0 Å². The standard InChI is InChI=1S/C17H23NO3/c1-5-15(6-2)18(4)17(21)14-8-7-13(12(3)11-14)9-10-16(19)20/h7-11,15H,5-6H2,1-4H3,(H,19,20)/b10-9+. The zero-order valence-electron chi connectivity index (χ0n) is 13.1. The molecule has 21 heavy (non-hydrogen) atoms. The van der Waals surface area contributed by atoms with E-state index in [1.165, 1.54) is 6.08 Å². The van der Waals surface area contributed by atoms with Crippen molar-refractivity contribution in [2.24, 2.45) is 0 Å². The molecule has 0 aromatic heterocycles. The van der Waals surface area contributed by atoms with Crippen molar-refractivity contribution in [3.05, 3.63) is 41.0 Å². The number of carbonyl (C=O) groups excluding carboxylic acids is 1. The molecule has 0 spiro atoms. The Bertz CT molecular complexity index is 545. The van der Waals surface area contributed by atoms with Gasteiger partial charge in [-0.15, -0.1) is 0 Å². The molecule has 1 amide bonds. The van der Waals surface area contributed by atoms with E-state index in [-0.39, 0.29) is 11.9 Å². The predicted molar refractivity (Wildman–Crippen MR) is 84.3 cm³/mol. The van der Waals surface area contributed by atoms with Crippen molar-refractivity contribution in [1.82, 2.24) is 4.90 Å². The molecule has 0 aliphatic carbocycles. The maximum absolute atomic E-state index is 12.4. The third-order valence-electron chi connectivity index (χ3n) is 3.73. The average molecular weight is 289 g/mol. The third-order valence-corrected chi connectivity index (χ3v) is 3.73. The molecule has 0 unspecified atom stereocenters. The minimum atomic E-state index is -0.983. The molecule has 4 nitrogen and oxygen atoms in total. The van der Waals surface area contributed by atoms with Crippen LogP contribution in [0.15, 0.2) is 24.3 Å². The van der Waals surface area contributed by atoms with E-state index in [9.17, 15) is 9.59 Å². The molecule has 0 saturated carbocycles. The lowest BCUT2D eigenvalue weighted by atomic mass is 10.0. The zero-order valence-corrected chi connectivity index (χ0v) is 13.1. The molecular weight excluding hydrogens is 266 g/mol. The van der Waals surface area contributed by atoms with E-state index in [2.05, 4.69) is 13.8 Å². The largest absolute Gasteiger partial charge is 0.478 e. The van der Waals surface area contributed by atoms with Gasteiger partial charge in [-0.2, -0.15) is 0 Å². The lowest BCUT2D eigenvalue weighted by Crippen LogP contribution is -2.36. The van der Waals surface area contributed by atoms with Crippen LogP contribution in [0.4, 0.5) is 0 Å². The summed E-state index contributed by atoms with van der Waals surface area (Å²) in [7, 11) is 1.83. The molecule has 0 aliphatic heterocycles. The smallest absolute Gasteiger partial charge is 0.328 e. The Morgan fingerprint density at radius 1 is 1.29 bits per heavy atom. The van der Waals surface area contributed by atoms with Crippen LogP contribution in [-0.2, 0) is 4.79 Å². The fourth-order valence-electron chi connectivity index (χ4n) is 2.36. The fraction of sp³-hybridized carbons (Fsp3) is 0.412. The van der Waals surface area contributed by atoms with Crippen molar-refractivity contribution in [2.75, 3.05) is 7.05 Å². The Kier molecular flexibility index (Phi) is 6.15. The summed E-state index contributed by atoms with van der Waals surface area (Å²) in [6.45, 7) is 6.02. The first kappa shape index (κ1) is 17.0. The van der Waals surface area contributed by atoms with Crippen molar-refractivity contribution < 1.29 is 14.7 Å². The maximum Gasteiger partial charge on any atom is 0.328 e. The van der Waals surface area contributed by atoms with Gasteiger partial charge in [0.15, 0.2) is 0 Å². The van der Waals surface area contributed by atoms with Crippen molar-refractivity contribution in [3.63, 3.8) is 0 Å². The van der Waals surface area contributed by atoms with Crippen LogP contribution < -0.4 is 0 Å². The van der Waals surface area contributed by atoms with E-state index in [4.69, 9.17) is 5.11 Å². The molecule has 0 saturated heterocycles. The second-order valence-corrected chi connectivity index (χ2v) is 5.13. The first-order valence-corrected chi connectivity index (χ1v) is 7.19. The second kappa shape index (κ2) is 7.62. The Balaban J connectivity index is 2.98. The van der Waals surface area contributed by atoms with Crippen molar-refractivity contribution in [3.8, 4) is 0 Å². The van der Waals surface area contributed by atoms with Crippen LogP contribution >= 0.6 is 0 Å². The molecule has 0 fully saturated rings. The maximum atomic E-state index is 12.4. The Hall–Kier alpha value is -2.10. The number of carboxylic acids is 1.